The molecule has 1 unspecified atom stereocenters. The van der Waals surface area contributed by atoms with Gasteiger partial charge in [0.1, 0.15) is 0 Å². The SMILES string of the molecule is CC(C)(C)OP(=O)(OC(C)(C)C)C(F)(F)c1ccc(CC(Cc2c(C(C)(C)C)cc(C(F)(F)P(=O)([O-])[O-])c(Br)c2C(C)(C)C)(C(=O)c2ccccc2)c2ccccc2)cc1Br. The molecule has 0 aliphatic rings. The van der Waals surface area contributed by atoms with E-state index >= 15 is 22.4 Å². The summed E-state index contributed by atoms with van der Waals surface area (Å²) in [4.78, 5) is 39.8. The van der Waals surface area contributed by atoms with Crippen LogP contribution in [0.4, 0.5) is 17.6 Å². The largest absolute Gasteiger partial charge is 0.806 e. The van der Waals surface area contributed by atoms with E-state index in [1.54, 1.807) is 102 Å². The van der Waals surface area contributed by atoms with Crippen LogP contribution in [0, 0.1) is 0 Å². The Morgan fingerprint density at radius 1 is 0.623 bits per heavy atom. The monoisotopic (exact) mass is 1010 g/mol. The van der Waals surface area contributed by atoms with E-state index in [2.05, 4.69) is 31.9 Å². The Morgan fingerprint density at radius 3 is 1.54 bits per heavy atom. The number of rotatable bonds is 13. The molecule has 0 aliphatic carbocycles. The second-order valence-corrected chi connectivity index (χ2v) is 24.6. The predicted molar refractivity (Wildman–Crippen MR) is 237 cm³/mol. The van der Waals surface area contributed by atoms with Gasteiger partial charge in [-0.15, -0.1) is 0 Å². The van der Waals surface area contributed by atoms with Crippen LogP contribution in [0.3, 0.4) is 0 Å². The van der Waals surface area contributed by atoms with Crippen molar-refractivity contribution in [2.75, 3.05) is 0 Å². The fourth-order valence-corrected chi connectivity index (χ4v) is 12.3. The molecular formula is C46H54Br2F4O7P2-2. The minimum absolute atomic E-state index is 0.122. The third kappa shape index (κ3) is 11.1. The zero-order valence-corrected chi connectivity index (χ0v) is 41.5. The van der Waals surface area contributed by atoms with Crippen LogP contribution in [0.15, 0.2) is 93.9 Å². The van der Waals surface area contributed by atoms with E-state index in [0.717, 1.165) is 12.1 Å². The van der Waals surface area contributed by atoms with Gasteiger partial charge >= 0.3 is 13.3 Å². The smallest absolute Gasteiger partial charge is 0.405 e. The summed E-state index contributed by atoms with van der Waals surface area (Å²) in [6.45, 7) is 19.5. The summed E-state index contributed by atoms with van der Waals surface area (Å²) in [6.07, 6.45) is -0.271. The summed E-state index contributed by atoms with van der Waals surface area (Å²) in [6, 6.07) is 22.2. The summed E-state index contributed by atoms with van der Waals surface area (Å²) in [5.74, 6) is -0.375. The second-order valence-electron chi connectivity index (χ2n) is 19.4. The van der Waals surface area contributed by atoms with E-state index in [0.29, 0.717) is 22.3 Å². The van der Waals surface area contributed by atoms with Gasteiger partial charge in [-0.3, -0.25) is 18.4 Å². The Hall–Kier alpha value is -2.47. The van der Waals surface area contributed by atoms with Crippen LogP contribution >= 0.6 is 47.1 Å². The van der Waals surface area contributed by atoms with Crippen LogP contribution in [-0.2, 0) is 58.6 Å². The molecule has 0 aromatic heterocycles. The maximum atomic E-state index is 16.7. The molecule has 4 aromatic carbocycles. The van der Waals surface area contributed by atoms with Crippen molar-refractivity contribution in [3.05, 3.63) is 138 Å². The molecule has 0 amide bonds. The summed E-state index contributed by atoms with van der Waals surface area (Å²) >= 11 is 6.64. The number of carbonyl (C=O) groups excluding carboxylic acids is 1. The third-order valence-electron chi connectivity index (χ3n) is 9.87. The zero-order valence-electron chi connectivity index (χ0n) is 36.5. The Balaban J connectivity index is 2.13. The first kappa shape index (κ1) is 51.2. The van der Waals surface area contributed by atoms with Gasteiger partial charge in [0, 0.05) is 33.2 Å². The molecule has 0 N–H and O–H groups in total. The van der Waals surface area contributed by atoms with Crippen LogP contribution < -0.4 is 9.79 Å². The first-order valence-electron chi connectivity index (χ1n) is 19.6. The van der Waals surface area contributed by atoms with Gasteiger partial charge in [-0.25, -0.2) is 0 Å². The van der Waals surface area contributed by atoms with Crippen LogP contribution in [0.25, 0.3) is 0 Å². The first-order chi connectivity index (χ1) is 27.5. The molecule has 7 nitrogen and oxygen atoms in total. The highest BCUT2D eigenvalue weighted by Gasteiger charge is 2.59. The maximum absolute atomic E-state index is 16.7. The molecular weight excluding hydrogens is 962 g/mol. The molecule has 15 heteroatoms. The quantitative estimate of drug-likeness (QED) is 0.0744. The van der Waals surface area contributed by atoms with E-state index in [-0.39, 0.29) is 38.7 Å². The van der Waals surface area contributed by atoms with Crippen molar-refractivity contribution in [1.82, 2.24) is 0 Å². The van der Waals surface area contributed by atoms with Gasteiger partial charge in [0.15, 0.2) is 5.78 Å². The summed E-state index contributed by atoms with van der Waals surface area (Å²) in [7, 11) is -11.8. The lowest BCUT2D eigenvalue weighted by Gasteiger charge is -2.42. The van der Waals surface area contributed by atoms with Crippen molar-refractivity contribution >= 4 is 52.8 Å². The summed E-state index contributed by atoms with van der Waals surface area (Å²) in [5.41, 5.74) is -14.5. The van der Waals surface area contributed by atoms with Crippen LogP contribution in [0.1, 0.15) is 132 Å². The third-order valence-corrected chi connectivity index (χ3v) is 14.8. The number of hydrogen-bond acceptors (Lipinski definition) is 7. The standard InChI is InChI=1S/C46H56Br2F4O7P2/c1-40(2,3)34-26-35(45(49,50)60(54,55)56)38(48)37(41(4,5)6)32(34)28-44(31-21-17-14-18-22-31,39(53)30-19-15-13-16-20-30)27-29-23-24-33(36(47)25-29)46(51,52)61(57,58-42(7,8)9)59-43(10,11)12/h13-26H,27-28H2,1-12H3,(H2,54,55,56)/p-2. The van der Waals surface area contributed by atoms with Crippen molar-refractivity contribution in [3.8, 4) is 0 Å². The highest BCUT2D eigenvalue weighted by Crippen LogP contribution is 2.70. The molecule has 0 radical (unpaired) electrons. The van der Waals surface area contributed by atoms with E-state index in [4.69, 9.17) is 9.05 Å². The van der Waals surface area contributed by atoms with Gasteiger partial charge < -0.3 is 14.4 Å². The molecule has 0 saturated carbocycles. The molecule has 1 atom stereocenters. The van der Waals surface area contributed by atoms with Gasteiger partial charge in [-0.1, -0.05) is 130 Å². The van der Waals surface area contributed by atoms with Crippen molar-refractivity contribution in [3.63, 3.8) is 0 Å². The predicted octanol–water partition coefficient (Wildman–Crippen LogP) is 13.2. The van der Waals surface area contributed by atoms with Gasteiger partial charge in [0.05, 0.1) is 16.6 Å². The Bertz CT molecular complexity index is 2320. The zero-order chi connectivity index (χ0) is 46.6. The number of benzene rings is 4. The highest BCUT2D eigenvalue weighted by atomic mass is 79.9. The van der Waals surface area contributed by atoms with Gasteiger partial charge in [0.2, 0.25) is 0 Å². The Kier molecular flexibility index (Phi) is 14.7. The minimum atomic E-state index is -6.53. The minimum Gasteiger partial charge on any atom is -0.806 e. The van der Waals surface area contributed by atoms with Gasteiger partial charge in [0.25, 0.3) is 5.66 Å². The van der Waals surface area contributed by atoms with Crippen LogP contribution in [0.2, 0.25) is 0 Å². The Labute approximate surface area is 374 Å². The van der Waals surface area contributed by atoms with E-state index in [9.17, 15) is 18.9 Å². The first-order valence-corrected chi connectivity index (χ1v) is 24.3. The van der Waals surface area contributed by atoms with Crippen molar-refractivity contribution in [2.45, 2.75) is 135 Å². The summed E-state index contributed by atoms with van der Waals surface area (Å²) < 4.78 is 102. The Morgan fingerprint density at radius 2 is 1.11 bits per heavy atom. The van der Waals surface area contributed by atoms with E-state index in [1.165, 1.54) is 53.7 Å². The molecule has 0 heterocycles. The highest BCUT2D eigenvalue weighted by molar-refractivity contribution is 9.10. The second kappa shape index (κ2) is 17.5. The van der Waals surface area contributed by atoms with Crippen molar-refractivity contribution in [2.24, 2.45) is 0 Å². The molecule has 0 bridgehead atoms. The number of halogens is 6. The van der Waals surface area contributed by atoms with Gasteiger partial charge in [-0.2, -0.15) is 17.6 Å². The molecule has 61 heavy (non-hydrogen) atoms. The topological polar surface area (TPSA) is 116 Å². The molecule has 4 rings (SSSR count). The molecule has 0 spiro atoms. The number of hydrogen-bond donors (Lipinski definition) is 0. The van der Waals surface area contributed by atoms with Crippen molar-refractivity contribution in [1.29, 1.82) is 0 Å². The lowest BCUT2D eigenvalue weighted by molar-refractivity contribution is -0.335. The molecule has 0 fully saturated rings. The van der Waals surface area contributed by atoms with Gasteiger partial charge in [-0.05, 0) is 121 Å². The molecule has 0 saturated heterocycles. The average molecular weight is 1020 g/mol. The number of alkyl halides is 4. The van der Waals surface area contributed by atoms with Crippen LogP contribution in [0.5, 0.6) is 0 Å². The number of Topliss-reactive ketones (excluding diaryl/α,β-unsaturated/α-hetero) is 1. The van der Waals surface area contributed by atoms with E-state index in [1.807, 2.05) is 0 Å². The molecule has 4 aromatic rings. The normalized spacial score (nSPS) is 14.8. The number of ketones is 1. The summed E-state index contributed by atoms with van der Waals surface area (Å²) in [5, 5.41) is 0. The molecule has 334 valence electrons. The van der Waals surface area contributed by atoms with E-state index < -0.39 is 65.1 Å². The average Bonchev–Trinajstić information content (AvgIpc) is 3.08. The lowest BCUT2D eigenvalue weighted by Crippen LogP contribution is -2.42. The fraction of sp³-hybridized carbons (Fsp3) is 0.457. The number of carbonyl (C=O) groups is 1. The van der Waals surface area contributed by atoms with Crippen molar-refractivity contribution < 1.29 is 50.3 Å². The maximum Gasteiger partial charge on any atom is 0.405 e. The van der Waals surface area contributed by atoms with Crippen LogP contribution in [-0.4, -0.2) is 17.0 Å². The fourth-order valence-electron chi connectivity index (χ4n) is 7.44. The molecule has 0 aliphatic heterocycles. The lowest BCUT2D eigenvalue weighted by atomic mass is 9.63.